The summed E-state index contributed by atoms with van der Waals surface area (Å²) in [7, 11) is 2.17. The van der Waals surface area contributed by atoms with Gasteiger partial charge in [-0.3, -0.25) is 4.98 Å². The maximum absolute atomic E-state index is 4.33. The SMILES string of the molecule is Cc1cccc(CNCc2ccc(CN(C)CCNCc3ccccn3)cc2)c1. The third-order valence-corrected chi connectivity index (χ3v) is 4.92. The van der Waals surface area contributed by atoms with Crippen LogP contribution in [0.4, 0.5) is 0 Å². The van der Waals surface area contributed by atoms with Crippen molar-refractivity contribution >= 4 is 0 Å². The molecular weight excluding hydrogens is 356 g/mol. The number of nitrogens with one attached hydrogen (secondary N) is 2. The second-order valence-corrected chi connectivity index (χ2v) is 7.64. The summed E-state index contributed by atoms with van der Waals surface area (Å²) in [4.78, 5) is 6.68. The summed E-state index contributed by atoms with van der Waals surface area (Å²) in [5.74, 6) is 0. The molecule has 0 unspecified atom stereocenters. The summed E-state index contributed by atoms with van der Waals surface area (Å²) >= 11 is 0. The van der Waals surface area contributed by atoms with Crippen LogP contribution in [0.15, 0.2) is 72.9 Å². The second kappa shape index (κ2) is 11.5. The number of likely N-dealkylation sites (N-methyl/N-ethyl adjacent to an activating group) is 1. The van der Waals surface area contributed by atoms with Gasteiger partial charge >= 0.3 is 0 Å². The average Bonchev–Trinajstić information content (AvgIpc) is 2.73. The highest BCUT2D eigenvalue weighted by molar-refractivity contribution is 5.24. The van der Waals surface area contributed by atoms with Gasteiger partial charge in [-0.2, -0.15) is 0 Å². The lowest BCUT2D eigenvalue weighted by molar-refractivity contribution is 0.324. The van der Waals surface area contributed by atoms with E-state index >= 15 is 0 Å². The van der Waals surface area contributed by atoms with E-state index in [-0.39, 0.29) is 0 Å². The monoisotopic (exact) mass is 388 g/mol. The topological polar surface area (TPSA) is 40.2 Å². The first-order valence-electron chi connectivity index (χ1n) is 10.3. The molecule has 0 saturated heterocycles. The fourth-order valence-electron chi connectivity index (χ4n) is 3.32. The van der Waals surface area contributed by atoms with Gasteiger partial charge in [-0.1, -0.05) is 60.2 Å². The Kier molecular flexibility index (Phi) is 8.38. The molecule has 3 aromatic rings. The van der Waals surface area contributed by atoms with Crippen molar-refractivity contribution in [3.8, 4) is 0 Å². The number of nitrogens with zero attached hydrogens (tertiary/aromatic N) is 2. The number of pyridine rings is 1. The molecule has 0 aliphatic heterocycles. The van der Waals surface area contributed by atoms with Crippen LogP contribution < -0.4 is 10.6 Å². The van der Waals surface area contributed by atoms with Crippen LogP contribution in [0.2, 0.25) is 0 Å². The third-order valence-electron chi connectivity index (χ3n) is 4.92. The summed E-state index contributed by atoms with van der Waals surface area (Å²) in [6.07, 6.45) is 1.84. The summed E-state index contributed by atoms with van der Waals surface area (Å²) in [6, 6.07) is 23.6. The summed E-state index contributed by atoms with van der Waals surface area (Å²) < 4.78 is 0. The van der Waals surface area contributed by atoms with Gasteiger partial charge in [-0.05, 0) is 42.8 Å². The Balaban J connectivity index is 1.33. The first kappa shape index (κ1) is 21.2. The van der Waals surface area contributed by atoms with Crippen LogP contribution in [0, 0.1) is 6.92 Å². The molecule has 1 aromatic heterocycles. The van der Waals surface area contributed by atoms with Crippen LogP contribution in [0.25, 0.3) is 0 Å². The molecule has 2 N–H and O–H groups in total. The van der Waals surface area contributed by atoms with Gasteiger partial charge in [0.15, 0.2) is 0 Å². The van der Waals surface area contributed by atoms with Crippen molar-refractivity contribution < 1.29 is 0 Å². The van der Waals surface area contributed by atoms with Crippen LogP contribution in [-0.2, 0) is 26.2 Å². The molecule has 0 bridgehead atoms. The first-order chi connectivity index (χ1) is 14.2. The lowest BCUT2D eigenvalue weighted by Crippen LogP contribution is -2.28. The molecule has 0 saturated carbocycles. The first-order valence-corrected chi connectivity index (χ1v) is 10.3. The molecule has 2 aromatic carbocycles. The molecule has 0 aliphatic rings. The van der Waals surface area contributed by atoms with Gasteiger partial charge in [-0.25, -0.2) is 0 Å². The molecule has 4 heteroatoms. The third kappa shape index (κ3) is 7.78. The molecule has 0 spiro atoms. The van der Waals surface area contributed by atoms with Crippen LogP contribution in [0.3, 0.4) is 0 Å². The number of rotatable bonds is 11. The Labute approximate surface area is 175 Å². The number of hydrogen-bond donors (Lipinski definition) is 2. The van der Waals surface area contributed by atoms with Crippen LogP contribution >= 0.6 is 0 Å². The highest BCUT2D eigenvalue weighted by Gasteiger charge is 2.02. The molecule has 3 rings (SSSR count). The fourth-order valence-corrected chi connectivity index (χ4v) is 3.32. The molecule has 0 aliphatic carbocycles. The molecule has 0 atom stereocenters. The van der Waals surface area contributed by atoms with E-state index in [1.807, 2.05) is 24.4 Å². The molecular formula is C25H32N4. The highest BCUT2D eigenvalue weighted by Crippen LogP contribution is 2.08. The van der Waals surface area contributed by atoms with E-state index in [0.29, 0.717) is 0 Å². The zero-order valence-electron chi connectivity index (χ0n) is 17.6. The van der Waals surface area contributed by atoms with Gasteiger partial charge in [0.1, 0.15) is 0 Å². The van der Waals surface area contributed by atoms with Crippen LogP contribution in [0.1, 0.15) is 27.9 Å². The van der Waals surface area contributed by atoms with Crippen molar-refractivity contribution in [2.75, 3.05) is 20.1 Å². The van der Waals surface area contributed by atoms with Crippen LogP contribution in [0.5, 0.6) is 0 Å². The molecule has 0 amide bonds. The summed E-state index contributed by atoms with van der Waals surface area (Å²) in [6.45, 7) is 7.66. The molecule has 4 nitrogen and oxygen atoms in total. The van der Waals surface area contributed by atoms with E-state index in [4.69, 9.17) is 0 Å². The molecule has 0 fully saturated rings. The minimum atomic E-state index is 0.818. The van der Waals surface area contributed by atoms with Crippen molar-refractivity contribution in [3.05, 3.63) is 101 Å². The van der Waals surface area contributed by atoms with Crippen molar-refractivity contribution in [1.82, 2.24) is 20.5 Å². The van der Waals surface area contributed by atoms with E-state index in [0.717, 1.165) is 45.0 Å². The smallest absolute Gasteiger partial charge is 0.0541 e. The Morgan fingerprint density at radius 1 is 0.793 bits per heavy atom. The lowest BCUT2D eigenvalue weighted by Gasteiger charge is -2.17. The maximum atomic E-state index is 4.33. The molecule has 29 heavy (non-hydrogen) atoms. The predicted octanol–water partition coefficient (Wildman–Crippen LogP) is 3.90. The van der Waals surface area contributed by atoms with Gasteiger partial charge in [-0.15, -0.1) is 0 Å². The van der Waals surface area contributed by atoms with Gasteiger partial charge in [0.25, 0.3) is 0 Å². The Bertz CT molecular complexity index is 846. The van der Waals surface area contributed by atoms with Crippen molar-refractivity contribution in [2.24, 2.45) is 0 Å². The fraction of sp³-hybridized carbons (Fsp3) is 0.320. The predicted molar refractivity (Wildman–Crippen MR) is 120 cm³/mol. The van der Waals surface area contributed by atoms with Gasteiger partial charge in [0.05, 0.1) is 5.69 Å². The number of hydrogen-bond acceptors (Lipinski definition) is 4. The Morgan fingerprint density at radius 2 is 1.59 bits per heavy atom. The maximum Gasteiger partial charge on any atom is 0.0541 e. The quantitative estimate of drug-likeness (QED) is 0.489. The summed E-state index contributed by atoms with van der Waals surface area (Å²) in [5, 5.41) is 6.98. The van der Waals surface area contributed by atoms with Crippen molar-refractivity contribution in [1.29, 1.82) is 0 Å². The highest BCUT2D eigenvalue weighted by atomic mass is 15.1. The second-order valence-electron chi connectivity index (χ2n) is 7.64. The Morgan fingerprint density at radius 3 is 2.34 bits per heavy atom. The largest absolute Gasteiger partial charge is 0.310 e. The minimum Gasteiger partial charge on any atom is -0.310 e. The van der Waals surface area contributed by atoms with E-state index in [9.17, 15) is 0 Å². The molecule has 152 valence electrons. The van der Waals surface area contributed by atoms with E-state index in [1.54, 1.807) is 0 Å². The van der Waals surface area contributed by atoms with Crippen molar-refractivity contribution in [3.63, 3.8) is 0 Å². The van der Waals surface area contributed by atoms with Crippen molar-refractivity contribution in [2.45, 2.75) is 33.1 Å². The number of aromatic nitrogens is 1. The minimum absolute atomic E-state index is 0.818. The average molecular weight is 389 g/mol. The number of aryl methyl sites for hydroxylation is 1. The van der Waals surface area contributed by atoms with Gasteiger partial charge in [0.2, 0.25) is 0 Å². The van der Waals surface area contributed by atoms with E-state index < -0.39 is 0 Å². The van der Waals surface area contributed by atoms with Crippen LogP contribution in [-0.4, -0.2) is 30.0 Å². The van der Waals surface area contributed by atoms with E-state index in [1.165, 1.54) is 22.3 Å². The lowest BCUT2D eigenvalue weighted by atomic mass is 10.1. The van der Waals surface area contributed by atoms with Gasteiger partial charge < -0.3 is 15.5 Å². The zero-order chi connectivity index (χ0) is 20.3. The zero-order valence-corrected chi connectivity index (χ0v) is 17.6. The standard InChI is InChI=1S/C25H32N4/c1-21-6-5-7-24(16-21)18-27-17-22-9-11-23(12-10-22)20-29(2)15-14-26-19-25-8-3-4-13-28-25/h3-13,16,26-27H,14-15,17-20H2,1-2H3. The van der Waals surface area contributed by atoms with E-state index in [2.05, 4.69) is 83.0 Å². The Hall–Kier alpha value is -2.53. The van der Waals surface area contributed by atoms with Gasteiger partial charge in [0, 0.05) is 45.5 Å². The molecule has 1 heterocycles. The summed E-state index contributed by atoms with van der Waals surface area (Å²) in [5.41, 5.74) is 6.40. The normalized spacial score (nSPS) is 11.1. The number of benzene rings is 2. The molecule has 0 radical (unpaired) electrons.